The Kier molecular flexibility index (Phi) is 6.39. The number of ketones is 1. The van der Waals surface area contributed by atoms with E-state index in [9.17, 15) is 18.4 Å². The van der Waals surface area contributed by atoms with E-state index in [1.807, 2.05) is 0 Å². The minimum Gasteiger partial charge on any atom is -0.497 e. The number of esters is 1. The average molecular weight is 416 g/mol. The van der Waals surface area contributed by atoms with Gasteiger partial charge in [-0.1, -0.05) is 0 Å². The highest BCUT2D eigenvalue weighted by Crippen LogP contribution is 2.35. The van der Waals surface area contributed by atoms with Crippen molar-refractivity contribution in [2.75, 3.05) is 13.7 Å². The number of hydrogen-bond acceptors (Lipinski definition) is 5. The van der Waals surface area contributed by atoms with Gasteiger partial charge in [-0.3, -0.25) is 9.59 Å². The molecule has 3 rings (SSSR count). The molecule has 0 fully saturated rings. The highest BCUT2D eigenvalue weighted by Gasteiger charge is 2.22. The molecule has 0 unspecified atom stereocenters. The van der Waals surface area contributed by atoms with Gasteiger partial charge in [0.05, 0.1) is 30.6 Å². The van der Waals surface area contributed by atoms with Crippen LogP contribution in [0.3, 0.4) is 0 Å². The number of rotatable bonds is 7. The molecule has 4 nitrogen and oxygen atoms in total. The molecule has 0 spiro atoms. The minimum atomic E-state index is -0.803. The first-order chi connectivity index (χ1) is 13.9. The molecule has 29 heavy (non-hydrogen) atoms. The van der Waals surface area contributed by atoms with Crippen molar-refractivity contribution in [2.24, 2.45) is 0 Å². The number of hydrogen-bond donors (Lipinski definition) is 0. The summed E-state index contributed by atoms with van der Waals surface area (Å²) in [6.45, 7) is 1.94. The molecule has 3 aromatic rings. The molecule has 0 N–H and O–H groups in total. The van der Waals surface area contributed by atoms with E-state index in [1.165, 1.54) is 6.07 Å². The highest BCUT2D eigenvalue weighted by atomic mass is 32.1. The first kappa shape index (κ1) is 20.7. The van der Waals surface area contributed by atoms with Crippen LogP contribution in [-0.2, 0) is 16.0 Å². The second-order valence-corrected chi connectivity index (χ2v) is 7.18. The second kappa shape index (κ2) is 8.96. The summed E-state index contributed by atoms with van der Waals surface area (Å²) in [5.74, 6) is -1.92. The van der Waals surface area contributed by atoms with Gasteiger partial charge in [-0.25, -0.2) is 8.78 Å². The van der Waals surface area contributed by atoms with Gasteiger partial charge < -0.3 is 9.47 Å². The van der Waals surface area contributed by atoms with Crippen LogP contribution < -0.4 is 4.74 Å². The van der Waals surface area contributed by atoms with E-state index in [0.717, 1.165) is 35.1 Å². The molecule has 0 atom stereocenters. The van der Waals surface area contributed by atoms with Gasteiger partial charge in [0, 0.05) is 4.88 Å². The first-order valence-corrected chi connectivity index (χ1v) is 9.67. The molecule has 1 aromatic heterocycles. The van der Waals surface area contributed by atoms with Gasteiger partial charge in [0.25, 0.3) is 0 Å². The lowest BCUT2D eigenvalue weighted by atomic mass is 10.0. The van der Waals surface area contributed by atoms with Gasteiger partial charge in [-0.15, -0.1) is 11.3 Å². The lowest BCUT2D eigenvalue weighted by Gasteiger charge is -2.05. The normalized spacial score (nSPS) is 10.6. The van der Waals surface area contributed by atoms with Crippen molar-refractivity contribution in [2.45, 2.75) is 13.3 Å². The summed E-state index contributed by atoms with van der Waals surface area (Å²) in [6.07, 6.45) is -0.0371. The summed E-state index contributed by atoms with van der Waals surface area (Å²) in [5.41, 5.74) is 1.00. The van der Waals surface area contributed by atoms with Crippen LogP contribution in [0.4, 0.5) is 8.78 Å². The van der Waals surface area contributed by atoms with Crippen LogP contribution in [0.2, 0.25) is 0 Å². The van der Waals surface area contributed by atoms with Crippen molar-refractivity contribution >= 4 is 23.1 Å². The first-order valence-electron chi connectivity index (χ1n) is 8.85. The predicted octanol–water partition coefficient (Wildman–Crippen LogP) is 5.04. The SMILES string of the molecule is CCOC(=O)Cc1cc(C(=O)c2cc(F)ccc2F)sc1-c1ccc(OC)cc1. The summed E-state index contributed by atoms with van der Waals surface area (Å²) < 4.78 is 37.7. The Morgan fingerprint density at radius 2 is 1.76 bits per heavy atom. The third kappa shape index (κ3) is 4.68. The summed E-state index contributed by atoms with van der Waals surface area (Å²) in [5, 5.41) is 0. The van der Waals surface area contributed by atoms with E-state index in [4.69, 9.17) is 9.47 Å². The lowest BCUT2D eigenvalue weighted by molar-refractivity contribution is -0.142. The highest BCUT2D eigenvalue weighted by molar-refractivity contribution is 7.17. The van der Waals surface area contributed by atoms with E-state index >= 15 is 0 Å². The Morgan fingerprint density at radius 3 is 2.41 bits per heavy atom. The number of halogens is 2. The fraction of sp³-hybridized carbons (Fsp3) is 0.182. The third-order valence-corrected chi connectivity index (χ3v) is 5.42. The molecule has 0 saturated carbocycles. The molecule has 0 aliphatic carbocycles. The average Bonchev–Trinajstić information content (AvgIpc) is 3.13. The number of methoxy groups -OCH3 is 1. The van der Waals surface area contributed by atoms with E-state index in [1.54, 1.807) is 38.3 Å². The smallest absolute Gasteiger partial charge is 0.310 e. The standard InChI is InChI=1S/C22H18F2O4S/c1-3-28-20(25)11-14-10-19(21(26)17-12-15(23)6-9-18(17)24)29-22(14)13-4-7-16(27-2)8-5-13/h4-10,12H,3,11H2,1-2H3. The number of carbonyl (C=O) groups excluding carboxylic acids is 2. The Morgan fingerprint density at radius 1 is 1.03 bits per heavy atom. The molecule has 0 aliphatic heterocycles. The maximum Gasteiger partial charge on any atom is 0.310 e. The maximum atomic E-state index is 14.1. The Hall–Kier alpha value is -3.06. The predicted molar refractivity (Wildman–Crippen MR) is 106 cm³/mol. The molecular formula is C22H18F2O4S. The van der Waals surface area contributed by atoms with Crippen molar-refractivity contribution in [3.05, 3.63) is 76.2 Å². The molecular weight excluding hydrogens is 398 g/mol. The Bertz CT molecular complexity index is 1040. The van der Waals surface area contributed by atoms with Crippen molar-refractivity contribution in [1.82, 2.24) is 0 Å². The topological polar surface area (TPSA) is 52.6 Å². The largest absolute Gasteiger partial charge is 0.497 e. The number of thiophene rings is 1. The summed E-state index contributed by atoms with van der Waals surface area (Å²) >= 11 is 1.12. The molecule has 0 amide bonds. The molecule has 0 bridgehead atoms. The summed E-state index contributed by atoms with van der Waals surface area (Å²) in [6, 6.07) is 11.4. The van der Waals surface area contributed by atoms with Crippen LogP contribution in [0.5, 0.6) is 5.75 Å². The molecule has 2 aromatic carbocycles. The summed E-state index contributed by atoms with van der Waals surface area (Å²) in [4.78, 5) is 25.7. The van der Waals surface area contributed by atoms with E-state index in [2.05, 4.69) is 0 Å². The van der Waals surface area contributed by atoms with Crippen LogP contribution in [0.15, 0.2) is 48.5 Å². The second-order valence-electron chi connectivity index (χ2n) is 6.13. The van der Waals surface area contributed by atoms with Gasteiger partial charge in [0.2, 0.25) is 5.78 Å². The van der Waals surface area contributed by atoms with Crippen LogP contribution >= 0.6 is 11.3 Å². The third-order valence-electron chi connectivity index (χ3n) is 4.20. The minimum absolute atomic E-state index is 0.0371. The van der Waals surface area contributed by atoms with Crippen molar-refractivity contribution in [1.29, 1.82) is 0 Å². The van der Waals surface area contributed by atoms with Gasteiger partial charge in [-0.2, -0.15) is 0 Å². The molecule has 0 saturated heterocycles. The molecule has 0 aliphatic rings. The molecule has 7 heteroatoms. The molecule has 0 radical (unpaired) electrons. The van der Waals surface area contributed by atoms with Gasteiger partial charge >= 0.3 is 5.97 Å². The van der Waals surface area contributed by atoms with Crippen LogP contribution in [0.1, 0.15) is 27.7 Å². The zero-order chi connectivity index (χ0) is 21.0. The van der Waals surface area contributed by atoms with Crippen molar-refractivity contribution < 1.29 is 27.8 Å². The van der Waals surface area contributed by atoms with Crippen LogP contribution in [-0.4, -0.2) is 25.5 Å². The quantitative estimate of drug-likeness (QED) is 0.400. The fourth-order valence-corrected chi connectivity index (χ4v) is 3.97. The Balaban J connectivity index is 2.04. The van der Waals surface area contributed by atoms with Gasteiger partial charge in [-0.05, 0) is 66.6 Å². The van der Waals surface area contributed by atoms with Crippen molar-refractivity contribution in [3.8, 4) is 16.2 Å². The zero-order valence-corrected chi connectivity index (χ0v) is 16.6. The van der Waals surface area contributed by atoms with E-state index in [0.29, 0.717) is 16.2 Å². The van der Waals surface area contributed by atoms with Gasteiger partial charge in [0.1, 0.15) is 17.4 Å². The van der Waals surface area contributed by atoms with E-state index in [-0.39, 0.29) is 23.5 Å². The van der Waals surface area contributed by atoms with Crippen LogP contribution in [0.25, 0.3) is 10.4 Å². The van der Waals surface area contributed by atoms with E-state index < -0.39 is 23.4 Å². The molecule has 1 heterocycles. The maximum absolute atomic E-state index is 14.1. The van der Waals surface area contributed by atoms with Crippen molar-refractivity contribution in [3.63, 3.8) is 0 Å². The molecule has 150 valence electrons. The number of benzene rings is 2. The monoisotopic (exact) mass is 416 g/mol. The lowest BCUT2D eigenvalue weighted by Crippen LogP contribution is -2.07. The Labute approximate surface area is 170 Å². The zero-order valence-electron chi connectivity index (χ0n) is 15.8. The fourth-order valence-electron chi connectivity index (χ4n) is 2.83. The number of ether oxygens (including phenoxy) is 2. The summed E-state index contributed by atoms with van der Waals surface area (Å²) in [7, 11) is 1.55. The van der Waals surface area contributed by atoms with Gasteiger partial charge in [0.15, 0.2) is 0 Å². The van der Waals surface area contributed by atoms with Crippen LogP contribution in [0, 0.1) is 11.6 Å². The number of carbonyl (C=O) groups is 2.